The van der Waals surface area contributed by atoms with Crippen molar-refractivity contribution in [2.24, 2.45) is 23.7 Å². The molecular formula is C27H28N2O4. The average Bonchev–Trinajstić information content (AvgIpc) is 3.12. The molecule has 0 aromatic heterocycles. The zero-order valence-electron chi connectivity index (χ0n) is 18.6. The number of nitrogens with zero attached hydrogens (tertiary/aromatic N) is 1. The minimum atomic E-state index is -0.899. The first-order chi connectivity index (χ1) is 16.1. The van der Waals surface area contributed by atoms with E-state index in [0.29, 0.717) is 18.0 Å². The van der Waals surface area contributed by atoms with Gasteiger partial charge in [-0.1, -0.05) is 42.5 Å². The minimum Gasteiger partial charge on any atom is -0.494 e. The van der Waals surface area contributed by atoms with E-state index in [-0.39, 0.29) is 47.8 Å². The highest BCUT2D eigenvalue weighted by molar-refractivity contribution is 6.10. The van der Waals surface area contributed by atoms with Crippen molar-refractivity contribution in [3.05, 3.63) is 72.3 Å². The smallest absolute Gasteiger partial charge is 0.248 e. The van der Waals surface area contributed by atoms with Gasteiger partial charge >= 0.3 is 0 Å². The Hall–Kier alpha value is -3.41. The lowest BCUT2D eigenvalue weighted by Gasteiger charge is -2.38. The maximum absolute atomic E-state index is 13.5. The van der Waals surface area contributed by atoms with Crippen LogP contribution in [-0.2, 0) is 20.8 Å². The van der Waals surface area contributed by atoms with Gasteiger partial charge in [-0.2, -0.15) is 0 Å². The van der Waals surface area contributed by atoms with E-state index >= 15 is 0 Å². The molecule has 1 saturated heterocycles. The molecule has 0 radical (unpaired) electrons. The summed E-state index contributed by atoms with van der Waals surface area (Å²) < 4.78 is 5.47. The standard InChI is InChI=1S/C27H28N2O4/c1-2-33-21-14-12-20(13-15-21)28-25(30)22(16-17-6-4-3-5-7-17)29-26(31)23-18-8-9-19(11-10-18)24(23)27(29)32/h3-9,12-15,18-19,22-24H,2,10-11,16H2,1H3,(H,28,30)/t18-,19-,22+,23-,24+/m0/s1. The van der Waals surface area contributed by atoms with E-state index in [1.54, 1.807) is 24.3 Å². The largest absolute Gasteiger partial charge is 0.494 e. The van der Waals surface area contributed by atoms with Gasteiger partial charge in [0.15, 0.2) is 0 Å². The highest BCUT2D eigenvalue weighted by atomic mass is 16.5. The van der Waals surface area contributed by atoms with Crippen LogP contribution in [0.4, 0.5) is 5.69 Å². The second-order valence-corrected chi connectivity index (χ2v) is 9.04. The quantitative estimate of drug-likeness (QED) is 0.520. The summed E-state index contributed by atoms with van der Waals surface area (Å²) in [5, 5.41) is 2.91. The molecule has 1 heterocycles. The molecule has 0 spiro atoms. The zero-order chi connectivity index (χ0) is 22.9. The number of fused-ring (bicyclic) bond motifs is 1. The highest BCUT2D eigenvalue weighted by Gasteiger charge is 2.58. The van der Waals surface area contributed by atoms with Gasteiger partial charge in [-0.15, -0.1) is 0 Å². The number of nitrogens with one attached hydrogen (secondary N) is 1. The summed E-state index contributed by atoms with van der Waals surface area (Å²) in [5.74, 6) is -0.535. The average molecular weight is 445 g/mol. The molecule has 0 unspecified atom stereocenters. The molecule has 2 aromatic rings. The first kappa shape index (κ1) is 21.4. The number of likely N-dealkylation sites (tertiary alicyclic amines) is 1. The van der Waals surface area contributed by atoms with Crippen LogP contribution in [0.5, 0.6) is 5.75 Å². The second kappa shape index (κ2) is 8.85. The number of rotatable bonds is 7. The first-order valence-corrected chi connectivity index (χ1v) is 11.7. The fraction of sp³-hybridized carbons (Fsp3) is 0.370. The molecule has 2 bridgehead atoms. The van der Waals surface area contributed by atoms with Crippen molar-refractivity contribution < 1.29 is 19.1 Å². The fourth-order valence-electron chi connectivity index (χ4n) is 5.57. The monoisotopic (exact) mass is 444 g/mol. The van der Waals surface area contributed by atoms with Gasteiger partial charge in [-0.25, -0.2) is 0 Å². The third-order valence-electron chi connectivity index (χ3n) is 7.11. The Kier molecular flexibility index (Phi) is 5.75. The molecule has 1 aliphatic heterocycles. The van der Waals surface area contributed by atoms with Crippen LogP contribution in [0.15, 0.2) is 66.7 Å². The van der Waals surface area contributed by atoms with Gasteiger partial charge in [-0.3, -0.25) is 19.3 Å². The Bertz CT molecular complexity index is 1050. The van der Waals surface area contributed by atoms with Crippen molar-refractivity contribution in [2.45, 2.75) is 32.2 Å². The van der Waals surface area contributed by atoms with Crippen LogP contribution >= 0.6 is 0 Å². The third kappa shape index (κ3) is 3.94. The Morgan fingerprint density at radius 2 is 1.58 bits per heavy atom. The lowest BCUT2D eigenvalue weighted by atomic mass is 9.63. The summed E-state index contributed by atoms with van der Waals surface area (Å²) >= 11 is 0. The number of hydrogen-bond donors (Lipinski definition) is 1. The van der Waals surface area contributed by atoms with E-state index in [1.165, 1.54) is 4.90 Å². The molecule has 6 heteroatoms. The van der Waals surface area contributed by atoms with E-state index in [4.69, 9.17) is 4.74 Å². The number of hydrogen-bond acceptors (Lipinski definition) is 4. The normalized spacial score (nSPS) is 26.3. The minimum absolute atomic E-state index is 0.0907. The molecule has 1 saturated carbocycles. The van der Waals surface area contributed by atoms with E-state index < -0.39 is 6.04 Å². The van der Waals surface area contributed by atoms with Gasteiger partial charge in [0.1, 0.15) is 11.8 Å². The number of carbonyl (C=O) groups excluding carboxylic acids is 3. The Labute approximate surface area is 193 Å². The van der Waals surface area contributed by atoms with Crippen molar-refractivity contribution in [3.8, 4) is 5.75 Å². The zero-order valence-corrected chi connectivity index (χ0v) is 18.6. The van der Waals surface area contributed by atoms with E-state index in [1.807, 2.05) is 37.3 Å². The molecule has 3 aliphatic carbocycles. The van der Waals surface area contributed by atoms with Crippen LogP contribution in [-0.4, -0.2) is 35.3 Å². The SMILES string of the molecule is CCOc1ccc(NC(=O)[C@@H](Cc2ccccc2)N2C(=O)[C@@H]3[C@H](C2=O)[C@H]2C=C[C@H]3CC2)cc1. The van der Waals surface area contributed by atoms with Crippen molar-refractivity contribution in [2.75, 3.05) is 11.9 Å². The maximum Gasteiger partial charge on any atom is 0.248 e. The Balaban J connectivity index is 1.43. The summed E-state index contributed by atoms with van der Waals surface area (Å²) in [4.78, 5) is 41.8. The Morgan fingerprint density at radius 1 is 0.970 bits per heavy atom. The molecule has 1 N–H and O–H groups in total. The van der Waals surface area contributed by atoms with Crippen LogP contribution in [0.3, 0.4) is 0 Å². The van der Waals surface area contributed by atoms with Gasteiger partial charge in [0.2, 0.25) is 17.7 Å². The molecule has 5 atom stereocenters. The summed E-state index contributed by atoms with van der Waals surface area (Å²) in [6, 6.07) is 15.7. The van der Waals surface area contributed by atoms with Crippen molar-refractivity contribution in [1.29, 1.82) is 0 Å². The maximum atomic E-state index is 13.5. The van der Waals surface area contributed by atoms with Crippen LogP contribution in [0, 0.1) is 23.7 Å². The van der Waals surface area contributed by atoms with Gasteiger partial charge in [-0.05, 0) is 61.4 Å². The molecule has 2 aromatic carbocycles. The predicted molar refractivity (Wildman–Crippen MR) is 124 cm³/mol. The predicted octanol–water partition coefficient (Wildman–Crippen LogP) is 3.83. The Morgan fingerprint density at radius 3 is 2.12 bits per heavy atom. The topological polar surface area (TPSA) is 75.7 Å². The van der Waals surface area contributed by atoms with Gasteiger partial charge < -0.3 is 10.1 Å². The summed E-state index contributed by atoms with van der Waals surface area (Å²) in [6.45, 7) is 2.47. The summed E-state index contributed by atoms with van der Waals surface area (Å²) in [5.41, 5.74) is 1.50. The summed E-state index contributed by atoms with van der Waals surface area (Å²) in [7, 11) is 0. The van der Waals surface area contributed by atoms with Crippen LogP contribution in [0.25, 0.3) is 0 Å². The van der Waals surface area contributed by atoms with Crippen molar-refractivity contribution >= 4 is 23.4 Å². The number of allylic oxidation sites excluding steroid dienone is 2. The lowest BCUT2D eigenvalue weighted by Crippen LogP contribution is -2.49. The number of ether oxygens (including phenoxy) is 1. The molecule has 4 aliphatic rings. The van der Waals surface area contributed by atoms with Crippen molar-refractivity contribution in [3.63, 3.8) is 0 Å². The van der Waals surface area contributed by atoms with Gasteiger partial charge in [0, 0.05) is 12.1 Å². The molecule has 6 nitrogen and oxygen atoms in total. The molecular weight excluding hydrogens is 416 g/mol. The fourth-order valence-corrected chi connectivity index (χ4v) is 5.57. The second-order valence-electron chi connectivity index (χ2n) is 9.04. The third-order valence-corrected chi connectivity index (χ3v) is 7.11. The van der Waals surface area contributed by atoms with Crippen LogP contribution in [0.2, 0.25) is 0 Å². The molecule has 33 heavy (non-hydrogen) atoms. The molecule has 170 valence electrons. The van der Waals surface area contributed by atoms with Crippen LogP contribution < -0.4 is 10.1 Å². The molecule has 6 rings (SSSR count). The van der Waals surface area contributed by atoms with Gasteiger partial charge in [0.25, 0.3) is 0 Å². The first-order valence-electron chi connectivity index (χ1n) is 11.7. The number of amides is 3. The molecule has 2 fully saturated rings. The number of benzene rings is 2. The van der Waals surface area contributed by atoms with E-state index in [0.717, 1.165) is 18.4 Å². The van der Waals surface area contributed by atoms with E-state index in [9.17, 15) is 14.4 Å². The number of imide groups is 1. The van der Waals surface area contributed by atoms with Crippen molar-refractivity contribution in [1.82, 2.24) is 4.90 Å². The summed E-state index contributed by atoms with van der Waals surface area (Å²) in [6.07, 6.45) is 6.32. The molecule has 3 amide bonds. The van der Waals surface area contributed by atoms with Gasteiger partial charge in [0.05, 0.1) is 18.4 Å². The number of carbonyl (C=O) groups is 3. The van der Waals surface area contributed by atoms with Crippen LogP contribution in [0.1, 0.15) is 25.3 Å². The number of anilines is 1. The highest BCUT2D eigenvalue weighted by Crippen LogP contribution is 2.50. The lowest BCUT2D eigenvalue weighted by molar-refractivity contribution is -0.146. The van der Waals surface area contributed by atoms with E-state index in [2.05, 4.69) is 17.5 Å².